The number of amides is 1. The highest BCUT2D eigenvalue weighted by molar-refractivity contribution is 5.78. The third-order valence-electron chi connectivity index (χ3n) is 6.29. The minimum Gasteiger partial charge on any atom is -0.341 e. The molecule has 150 valence electrons. The van der Waals surface area contributed by atoms with Crippen LogP contribution in [0.15, 0.2) is 4.52 Å². The summed E-state index contributed by atoms with van der Waals surface area (Å²) in [6.45, 7) is 12.7. The average molecular weight is 376 g/mol. The Bertz CT molecular complexity index is 641. The molecule has 0 spiro atoms. The van der Waals surface area contributed by atoms with Gasteiger partial charge >= 0.3 is 0 Å². The van der Waals surface area contributed by atoms with Crippen LogP contribution in [0.4, 0.5) is 0 Å². The molecule has 1 aliphatic carbocycles. The Morgan fingerprint density at radius 2 is 1.81 bits per heavy atom. The summed E-state index contributed by atoms with van der Waals surface area (Å²) in [7, 11) is 0. The van der Waals surface area contributed by atoms with Crippen molar-refractivity contribution < 1.29 is 9.32 Å². The third kappa shape index (κ3) is 4.51. The lowest BCUT2D eigenvalue weighted by Crippen LogP contribution is -2.52. The lowest BCUT2D eigenvalue weighted by molar-refractivity contribution is -0.135. The predicted molar refractivity (Wildman–Crippen MR) is 102 cm³/mol. The molecule has 0 aromatic carbocycles. The summed E-state index contributed by atoms with van der Waals surface area (Å²) >= 11 is 0. The van der Waals surface area contributed by atoms with Gasteiger partial charge in [0.1, 0.15) is 0 Å². The number of aromatic nitrogens is 2. The topological polar surface area (TPSA) is 65.7 Å². The summed E-state index contributed by atoms with van der Waals surface area (Å²) in [5.74, 6) is 3.66. The van der Waals surface area contributed by atoms with Crippen LogP contribution in [0.1, 0.15) is 63.7 Å². The molecule has 0 unspecified atom stereocenters. The van der Waals surface area contributed by atoms with E-state index in [0.717, 1.165) is 51.0 Å². The van der Waals surface area contributed by atoms with Crippen LogP contribution >= 0.6 is 0 Å². The van der Waals surface area contributed by atoms with E-state index in [-0.39, 0.29) is 6.04 Å². The second kappa shape index (κ2) is 7.87. The van der Waals surface area contributed by atoms with E-state index in [9.17, 15) is 4.79 Å². The van der Waals surface area contributed by atoms with Gasteiger partial charge in [0.2, 0.25) is 11.8 Å². The highest BCUT2D eigenvalue weighted by Crippen LogP contribution is 2.38. The van der Waals surface area contributed by atoms with Crippen LogP contribution in [0.3, 0.4) is 0 Å². The number of carbonyl (C=O) groups is 1. The van der Waals surface area contributed by atoms with E-state index >= 15 is 0 Å². The molecule has 3 fully saturated rings. The Hall–Kier alpha value is -1.47. The first-order valence-electron chi connectivity index (χ1n) is 10.6. The number of hydrogen-bond acceptors (Lipinski definition) is 6. The van der Waals surface area contributed by atoms with Crippen LogP contribution in [0.5, 0.6) is 0 Å². The Labute approximate surface area is 162 Å². The molecule has 7 nitrogen and oxygen atoms in total. The molecule has 0 radical (unpaired) electrons. The molecular formula is C20H33N5O2. The Balaban J connectivity index is 1.25. The Morgan fingerprint density at radius 1 is 1.15 bits per heavy atom. The highest BCUT2D eigenvalue weighted by atomic mass is 16.5. The van der Waals surface area contributed by atoms with Crippen LogP contribution in [0, 0.1) is 11.8 Å². The van der Waals surface area contributed by atoms with Crippen molar-refractivity contribution in [3.8, 4) is 0 Å². The first kappa shape index (κ1) is 18.9. The standard InChI is InChI=1S/C20H33N5O2/c1-14-10-15(2)12-25(11-14)18(26)13-23-6-8-24(9-7-23)16(3)20-21-19(22-27-20)17-4-5-17/h14-17H,4-13H2,1-3H3/t14-,15-,16-/m1/s1. The van der Waals surface area contributed by atoms with Crippen molar-refractivity contribution in [3.63, 3.8) is 0 Å². The van der Waals surface area contributed by atoms with E-state index in [4.69, 9.17) is 4.52 Å². The molecule has 1 aromatic rings. The molecule has 2 saturated heterocycles. The fraction of sp³-hybridized carbons (Fsp3) is 0.850. The second-order valence-corrected chi connectivity index (χ2v) is 9.00. The minimum atomic E-state index is 0.145. The monoisotopic (exact) mass is 375 g/mol. The molecule has 2 aliphatic heterocycles. The molecule has 3 aliphatic rings. The van der Waals surface area contributed by atoms with Crippen molar-refractivity contribution in [1.29, 1.82) is 0 Å². The van der Waals surface area contributed by atoms with Gasteiger partial charge in [-0.3, -0.25) is 14.6 Å². The van der Waals surface area contributed by atoms with E-state index < -0.39 is 0 Å². The van der Waals surface area contributed by atoms with Gasteiger partial charge in [-0.05, 0) is 38.0 Å². The van der Waals surface area contributed by atoms with Crippen LogP contribution in [-0.4, -0.2) is 76.6 Å². The molecule has 1 aromatic heterocycles. The van der Waals surface area contributed by atoms with Gasteiger partial charge in [-0.25, -0.2) is 0 Å². The average Bonchev–Trinajstić information content (AvgIpc) is 3.38. The molecule has 1 amide bonds. The third-order valence-corrected chi connectivity index (χ3v) is 6.29. The van der Waals surface area contributed by atoms with Crippen LogP contribution < -0.4 is 0 Å². The number of nitrogens with zero attached hydrogens (tertiary/aromatic N) is 5. The van der Waals surface area contributed by atoms with E-state index in [1.54, 1.807) is 0 Å². The summed E-state index contributed by atoms with van der Waals surface area (Å²) < 4.78 is 5.49. The van der Waals surface area contributed by atoms with Gasteiger partial charge in [0, 0.05) is 45.2 Å². The second-order valence-electron chi connectivity index (χ2n) is 9.00. The molecule has 3 atom stereocenters. The van der Waals surface area contributed by atoms with Crippen molar-refractivity contribution in [1.82, 2.24) is 24.8 Å². The highest BCUT2D eigenvalue weighted by Gasteiger charge is 2.32. The summed E-state index contributed by atoms with van der Waals surface area (Å²) in [5, 5.41) is 4.14. The first-order chi connectivity index (χ1) is 13.0. The molecular weight excluding hydrogens is 342 g/mol. The quantitative estimate of drug-likeness (QED) is 0.785. The summed E-state index contributed by atoms with van der Waals surface area (Å²) in [4.78, 5) is 24.1. The SMILES string of the molecule is C[C@@H]1C[C@@H](C)CN(C(=O)CN2CCN([C@H](C)c3nc(C4CC4)no3)CC2)C1. The molecule has 1 saturated carbocycles. The maximum absolute atomic E-state index is 12.7. The first-order valence-corrected chi connectivity index (χ1v) is 10.6. The number of piperazine rings is 1. The molecule has 3 heterocycles. The number of carbonyl (C=O) groups excluding carboxylic acids is 1. The lowest BCUT2D eigenvalue weighted by atomic mass is 9.92. The molecule has 27 heavy (non-hydrogen) atoms. The van der Waals surface area contributed by atoms with E-state index in [0.29, 0.717) is 30.2 Å². The fourth-order valence-electron chi connectivity index (χ4n) is 4.55. The number of rotatable bonds is 5. The van der Waals surface area contributed by atoms with Crippen molar-refractivity contribution in [2.45, 2.75) is 52.0 Å². The molecule has 0 bridgehead atoms. The van der Waals surface area contributed by atoms with Crippen LogP contribution in [-0.2, 0) is 4.79 Å². The van der Waals surface area contributed by atoms with Crippen molar-refractivity contribution >= 4 is 5.91 Å². The number of hydrogen-bond donors (Lipinski definition) is 0. The van der Waals surface area contributed by atoms with Gasteiger partial charge in [0.25, 0.3) is 0 Å². The van der Waals surface area contributed by atoms with Gasteiger partial charge in [0.05, 0.1) is 12.6 Å². The molecule has 4 rings (SSSR count). The summed E-state index contributed by atoms with van der Waals surface area (Å²) in [6, 6.07) is 0.145. The van der Waals surface area contributed by atoms with Gasteiger partial charge in [-0.1, -0.05) is 19.0 Å². The van der Waals surface area contributed by atoms with E-state index in [1.165, 1.54) is 19.3 Å². The Kier molecular flexibility index (Phi) is 5.50. The Morgan fingerprint density at radius 3 is 2.44 bits per heavy atom. The van der Waals surface area contributed by atoms with Gasteiger partial charge in [-0.15, -0.1) is 0 Å². The van der Waals surface area contributed by atoms with Gasteiger partial charge < -0.3 is 9.42 Å². The van der Waals surface area contributed by atoms with Crippen molar-refractivity contribution in [2.75, 3.05) is 45.8 Å². The minimum absolute atomic E-state index is 0.145. The zero-order valence-corrected chi connectivity index (χ0v) is 16.9. The van der Waals surface area contributed by atoms with Crippen molar-refractivity contribution in [3.05, 3.63) is 11.7 Å². The van der Waals surface area contributed by atoms with E-state index in [2.05, 4.69) is 45.6 Å². The zero-order chi connectivity index (χ0) is 19.0. The van der Waals surface area contributed by atoms with Gasteiger partial charge in [0.15, 0.2) is 5.82 Å². The molecule has 7 heteroatoms. The fourth-order valence-corrected chi connectivity index (χ4v) is 4.55. The van der Waals surface area contributed by atoms with Crippen molar-refractivity contribution in [2.24, 2.45) is 11.8 Å². The molecule has 0 N–H and O–H groups in total. The van der Waals surface area contributed by atoms with Crippen LogP contribution in [0.2, 0.25) is 0 Å². The summed E-state index contributed by atoms with van der Waals surface area (Å²) in [5.41, 5.74) is 0. The maximum atomic E-state index is 12.7. The normalized spacial score (nSPS) is 29.1. The lowest BCUT2D eigenvalue weighted by Gasteiger charge is -2.39. The zero-order valence-electron chi connectivity index (χ0n) is 16.9. The number of piperidine rings is 1. The summed E-state index contributed by atoms with van der Waals surface area (Å²) in [6.07, 6.45) is 3.61. The smallest absolute Gasteiger partial charge is 0.243 e. The van der Waals surface area contributed by atoms with Gasteiger partial charge in [-0.2, -0.15) is 4.98 Å². The number of likely N-dealkylation sites (tertiary alicyclic amines) is 1. The van der Waals surface area contributed by atoms with Crippen LogP contribution in [0.25, 0.3) is 0 Å². The maximum Gasteiger partial charge on any atom is 0.243 e. The largest absolute Gasteiger partial charge is 0.341 e. The predicted octanol–water partition coefficient (Wildman–Crippen LogP) is 2.13. The van der Waals surface area contributed by atoms with E-state index in [1.807, 2.05) is 0 Å².